The summed E-state index contributed by atoms with van der Waals surface area (Å²) >= 11 is 0. The number of benzene rings is 1. The van der Waals surface area contributed by atoms with Gasteiger partial charge in [0, 0.05) is 25.3 Å². The van der Waals surface area contributed by atoms with Crippen molar-refractivity contribution in [2.75, 3.05) is 6.54 Å². The van der Waals surface area contributed by atoms with Gasteiger partial charge in [0.05, 0.1) is 11.8 Å². The minimum absolute atomic E-state index is 0.142. The molecule has 0 radical (unpaired) electrons. The Balaban J connectivity index is 1.96. The number of carbonyl (C=O) groups is 1. The van der Waals surface area contributed by atoms with Gasteiger partial charge in [0.2, 0.25) is 0 Å². The molecule has 1 unspecified atom stereocenters. The van der Waals surface area contributed by atoms with Crippen molar-refractivity contribution < 1.29 is 4.79 Å². The molecule has 5 nitrogen and oxygen atoms in total. The Hall–Kier alpha value is -2.14. The molecule has 0 aliphatic heterocycles. The maximum atomic E-state index is 12.0. The number of aromatic nitrogens is 2. The first-order valence-corrected chi connectivity index (χ1v) is 6.17. The fraction of sp³-hybridized carbons (Fsp3) is 0.286. The van der Waals surface area contributed by atoms with Crippen LogP contribution >= 0.6 is 0 Å². The summed E-state index contributed by atoms with van der Waals surface area (Å²) < 4.78 is 1.67. The van der Waals surface area contributed by atoms with Crippen LogP contribution in [0.1, 0.15) is 27.7 Å². The smallest absolute Gasteiger partial charge is 0.254 e. The van der Waals surface area contributed by atoms with Gasteiger partial charge in [-0.1, -0.05) is 30.3 Å². The number of hydrogen-bond acceptors (Lipinski definition) is 3. The Morgan fingerprint density at radius 3 is 2.68 bits per heavy atom. The maximum Gasteiger partial charge on any atom is 0.254 e. The number of hydrogen-bond donors (Lipinski definition) is 2. The molecule has 0 aliphatic carbocycles. The Labute approximate surface area is 112 Å². The van der Waals surface area contributed by atoms with Crippen molar-refractivity contribution in [1.82, 2.24) is 15.1 Å². The zero-order valence-corrected chi connectivity index (χ0v) is 11.1. The van der Waals surface area contributed by atoms with E-state index in [0.717, 1.165) is 11.3 Å². The molecular formula is C14H18N4O. The molecule has 1 amide bonds. The normalized spacial score (nSPS) is 12.2. The lowest BCUT2D eigenvalue weighted by Gasteiger charge is -2.13. The fourth-order valence-corrected chi connectivity index (χ4v) is 1.84. The SMILES string of the molecule is Cc1c(C(=O)NCC(N)c2ccccc2)cnn1C. The average Bonchev–Trinajstić information content (AvgIpc) is 2.77. The lowest BCUT2D eigenvalue weighted by Crippen LogP contribution is -2.32. The number of nitrogens with one attached hydrogen (secondary N) is 1. The highest BCUT2D eigenvalue weighted by atomic mass is 16.1. The van der Waals surface area contributed by atoms with E-state index < -0.39 is 0 Å². The van der Waals surface area contributed by atoms with Crippen LogP contribution in [-0.4, -0.2) is 22.2 Å². The molecule has 2 aromatic rings. The zero-order valence-electron chi connectivity index (χ0n) is 11.1. The first-order valence-electron chi connectivity index (χ1n) is 6.17. The molecule has 0 spiro atoms. The monoisotopic (exact) mass is 258 g/mol. The van der Waals surface area contributed by atoms with Crippen LogP contribution in [0.4, 0.5) is 0 Å². The lowest BCUT2D eigenvalue weighted by molar-refractivity contribution is 0.0950. The topological polar surface area (TPSA) is 72.9 Å². The molecule has 3 N–H and O–H groups in total. The molecule has 1 aromatic heterocycles. The van der Waals surface area contributed by atoms with Crippen molar-refractivity contribution in [1.29, 1.82) is 0 Å². The van der Waals surface area contributed by atoms with Crippen molar-refractivity contribution in [2.24, 2.45) is 12.8 Å². The van der Waals surface area contributed by atoms with E-state index in [2.05, 4.69) is 10.4 Å². The quantitative estimate of drug-likeness (QED) is 0.864. The lowest BCUT2D eigenvalue weighted by atomic mass is 10.1. The van der Waals surface area contributed by atoms with Crippen LogP contribution in [0.15, 0.2) is 36.5 Å². The maximum absolute atomic E-state index is 12.0. The van der Waals surface area contributed by atoms with Crippen molar-refractivity contribution >= 4 is 5.91 Å². The number of rotatable bonds is 4. The van der Waals surface area contributed by atoms with E-state index >= 15 is 0 Å². The molecule has 1 atom stereocenters. The van der Waals surface area contributed by atoms with Crippen LogP contribution in [0.2, 0.25) is 0 Å². The molecule has 1 aromatic carbocycles. The Morgan fingerprint density at radius 2 is 2.11 bits per heavy atom. The predicted octanol–water partition coefficient (Wildman–Crippen LogP) is 1.16. The van der Waals surface area contributed by atoms with E-state index in [9.17, 15) is 4.79 Å². The van der Waals surface area contributed by atoms with E-state index in [1.165, 1.54) is 0 Å². The highest BCUT2D eigenvalue weighted by Gasteiger charge is 2.14. The molecule has 100 valence electrons. The third-order valence-electron chi connectivity index (χ3n) is 3.19. The Bertz CT molecular complexity index is 562. The van der Waals surface area contributed by atoms with Crippen molar-refractivity contribution in [3.8, 4) is 0 Å². The molecule has 0 saturated carbocycles. The molecule has 0 aliphatic rings. The Kier molecular flexibility index (Phi) is 3.97. The van der Waals surface area contributed by atoms with Gasteiger partial charge in [-0.05, 0) is 12.5 Å². The van der Waals surface area contributed by atoms with Crippen molar-refractivity contribution in [3.63, 3.8) is 0 Å². The summed E-state index contributed by atoms with van der Waals surface area (Å²) in [5.41, 5.74) is 8.46. The number of nitrogens with zero attached hydrogens (tertiary/aromatic N) is 2. The van der Waals surface area contributed by atoms with Gasteiger partial charge in [-0.25, -0.2) is 0 Å². The molecule has 0 bridgehead atoms. The standard InChI is InChI=1S/C14H18N4O/c1-10-12(8-17-18(10)2)14(19)16-9-13(15)11-6-4-3-5-7-11/h3-8,13H,9,15H2,1-2H3,(H,16,19). The summed E-state index contributed by atoms with van der Waals surface area (Å²) in [6, 6.07) is 9.50. The van der Waals surface area contributed by atoms with E-state index in [1.54, 1.807) is 10.9 Å². The van der Waals surface area contributed by atoms with E-state index in [1.807, 2.05) is 44.3 Å². The Morgan fingerprint density at radius 1 is 1.42 bits per heavy atom. The second kappa shape index (κ2) is 5.67. The summed E-state index contributed by atoms with van der Waals surface area (Å²) in [5.74, 6) is -0.142. The van der Waals surface area contributed by atoms with Gasteiger partial charge in [-0.15, -0.1) is 0 Å². The van der Waals surface area contributed by atoms with Crippen LogP contribution in [-0.2, 0) is 7.05 Å². The first kappa shape index (κ1) is 13.3. The van der Waals surface area contributed by atoms with Crippen LogP contribution in [0.25, 0.3) is 0 Å². The van der Waals surface area contributed by atoms with Crippen LogP contribution < -0.4 is 11.1 Å². The molecule has 2 rings (SSSR count). The summed E-state index contributed by atoms with van der Waals surface area (Å²) in [6.45, 7) is 2.26. The van der Waals surface area contributed by atoms with Crippen LogP contribution in [0.5, 0.6) is 0 Å². The number of aryl methyl sites for hydroxylation is 1. The molecular weight excluding hydrogens is 240 g/mol. The van der Waals surface area contributed by atoms with Crippen molar-refractivity contribution in [2.45, 2.75) is 13.0 Å². The van der Waals surface area contributed by atoms with Gasteiger partial charge in [-0.3, -0.25) is 9.48 Å². The minimum atomic E-state index is -0.206. The van der Waals surface area contributed by atoms with Crippen molar-refractivity contribution in [3.05, 3.63) is 53.3 Å². The zero-order chi connectivity index (χ0) is 13.8. The summed E-state index contributed by atoms with van der Waals surface area (Å²) in [7, 11) is 1.81. The minimum Gasteiger partial charge on any atom is -0.350 e. The summed E-state index contributed by atoms with van der Waals surface area (Å²) in [6.07, 6.45) is 1.57. The van der Waals surface area contributed by atoms with Crippen LogP contribution in [0.3, 0.4) is 0 Å². The highest BCUT2D eigenvalue weighted by Crippen LogP contribution is 2.09. The molecule has 5 heteroatoms. The molecule has 19 heavy (non-hydrogen) atoms. The fourth-order valence-electron chi connectivity index (χ4n) is 1.84. The first-order chi connectivity index (χ1) is 9.09. The number of carbonyl (C=O) groups excluding carboxylic acids is 1. The highest BCUT2D eigenvalue weighted by molar-refractivity contribution is 5.95. The molecule has 0 saturated heterocycles. The summed E-state index contributed by atoms with van der Waals surface area (Å²) in [4.78, 5) is 12.0. The molecule has 1 heterocycles. The largest absolute Gasteiger partial charge is 0.350 e. The summed E-state index contributed by atoms with van der Waals surface area (Å²) in [5, 5.41) is 6.88. The van der Waals surface area contributed by atoms with E-state index in [-0.39, 0.29) is 11.9 Å². The average molecular weight is 258 g/mol. The second-order valence-electron chi connectivity index (χ2n) is 4.49. The van der Waals surface area contributed by atoms with E-state index in [4.69, 9.17) is 5.73 Å². The van der Waals surface area contributed by atoms with E-state index in [0.29, 0.717) is 12.1 Å². The number of nitrogens with two attached hydrogens (primary N) is 1. The van der Waals surface area contributed by atoms with Gasteiger partial charge in [0.1, 0.15) is 0 Å². The molecule has 0 fully saturated rings. The van der Waals surface area contributed by atoms with Gasteiger partial charge in [-0.2, -0.15) is 5.10 Å². The number of amides is 1. The third kappa shape index (κ3) is 3.00. The second-order valence-corrected chi connectivity index (χ2v) is 4.49. The van der Waals surface area contributed by atoms with Gasteiger partial charge >= 0.3 is 0 Å². The third-order valence-corrected chi connectivity index (χ3v) is 3.19. The van der Waals surface area contributed by atoms with Gasteiger partial charge in [0.25, 0.3) is 5.91 Å². The van der Waals surface area contributed by atoms with Gasteiger partial charge in [0.15, 0.2) is 0 Å². The van der Waals surface area contributed by atoms with Gasteiger partial charge < -0.3 is 11.1 Å². The van der Waals surface area contributed by atoms with Crippen LogP contribution in [0, 0.1) is 6.92 Å². The predicted molar refractivity (Wildman–Crippen MR) is 73.6 cm³/mol.